The Labute approximate surface area is 148 Å². The zero-order valence-electron chi connectivity index (χ0n) is 14.8. The molecule has 0 fully saturated rings. The summed E-state index contributed by atoms with van der Waals surface area (Å²) in [5.74, 6) is 1.49. The van der Waals surface area contributed by atoms with Gasteiger partial charge in [0.05, 0.1) is 12.3 Å². The molecular formula is C21H24N2O2. The Morgan fingerprint density at radius 1 is 0.960 bits per heavy atom. The standard InChI is InChI=1S/C21H24N2O2/c1-16-8-6-7-11-19(16)21-22-20(17(2)25-21)15-23(12-13-24)14-18-9-4-3-5-10-18/h3-11,24H,12-15H2,1-2H3. The maximum atomic E-state index is 9.40. The van der Waals surface area contributed by atoms with Gasteiger partial charge in [0.2, 0.25) is 5.89 Å². The highest BCUT2D eigenvalue weighted by Crippen LogP contribution is 2.25. The lowest BCUT2D eigenvalue weighted by Gasteiger charge is -2.20. The number of hydrogen-bond donors (Lipinski definition) is 1. The first-order valence-electron chi connectivity index (χ1n) is 8.57. The van der Waals surface area contributed by atoms with Crippen LogP contribution in [-0.4, -0.2) is 28.1 Å². The topological polar surface area (TPSA) is 49.5 Å². The van der Waals surface area contributed by atoms with Gasteiger partial charge in [-0.05, 0) is 31.0 Å². The Balaban J connectivity index is 1.79. The number of aryl methyl sites for hydroxylation is 2. The van der Waals surface area contributed by atoms with Crippen LogP contribution in [0.25, 0.3) is 11.5 Å². The third-order valence-corrected chi connectivity index (χ3v) is 4.31. The van der Waals surface area contributed by atoms with Crippen LogP contribution in [0.2, 0.25) is 0 Å². The van der Waals surface area contributed by atoms with Crippen LogP contribution < -0.4 is 0 Å². The number of aliphatic hydroxyl groups is 1. The number of aliphatic hydroxyl groups excluding tert-OH is 1. The molecule has 0 aliphatic carbocycles. The molecule has 1 N–H and O–H groups in total. The average molecular weight is 336 g/mol. The van der Waals surface area contributed by atoms with E-state index in [4.69, 9.17) is 9.40 Å². The van der Waals surface area contributed by atoms with Gasteiger partial charge in [-0.1, -0.05) is 48.5 Å². The average Bonchev–Trinajstić information content (AvgIpc) is 2.97. The van der Waals surface area contributed by atoms with E-state index >= 15 is 0 Å². The lowest BCUT2D eigenvalue weighted by molar-refractivity contribution is 0.182. The summed E-state index contributed by atoms with van der Waals surface area (Å²) in [5.41, 5.74) is 4.30. The summed E-state index contributed by atoms with van der Waals surface area (Å²) in [7, 11) is 0. The van der Waals surface area contributed by atoms with Gasteiger partial charge < -0.3 is 9.52 Å². The van der Waals surface area contributed by atoms with Crippen LogP contribution in [0.3, 0.4) is 0 Å². The molecule has 0 unspecified atom stereocenters. The van der Waals surface area contributed by atoms with E-state index in [1.54, 1.807) is 0 Å². The van der Waals surface area contributed by atoms with Crippen molar-refractivity contribution >= 4 is 0 Å². The van der Waals surface area contributed by atoms with Crippen molar-refractivity contribution < 1.29 is 9.52 Å². The SMILES string of the molecule is Cc1ccccc1-c1nc(CN(CCO)Cc2ccccc2)c(C)o1. The highest BCUT2D eigenvalue weighted by Gasteiger charge is 2.16. The van der Waals surface area contributed by atoms with Crippen molar-refractivity contribution in [2.24, 2.45) is 0 Å². The van der Waals surface area contributed by atoms with Crippen LogP contribution in [0, 0.1) is 13.8 Å². The van der Waals surface area contributed by atoms with Crippen molar-refractivity contribution in [3.8, 4) is 11.5 Å². The molecule has 0 saturated carbocycles. The first-order chi connectivity index (χ1) is 12.2. The van der Waals surface area contributed by atoms with Gasteiger partial charge in [0.15, 0.2) is 0 Å². The van der Waals surface area contributed by atoms with Crippen molar-refractivity contribution in [1.82, 2.24) is 9.88 Å². The third-order valence-electron chi connectivity index (χ3n) is 4.31. The lowest BCUT2D eigenvalue weighted by atomic mass is 10.1. The number of aromatic nitrogens is 1. The molecule has 1 aromatic heterocycles. The summed E-state index contributed by atoms with van der Waals surface area (Å²) in [6.07, 6.45) is 0. The van der Waals surface area contributed by atoms with E-state index in [1.807, 2.05) is 43.3 Å². The third kappa shape index (κ3) is 4.35. The molecule has 0 saturated heterocycles. The molecule has 2 aromatic carbocycles. The molecule has 0 bridgehead atoms. The lowest BCUT2D eigenvalue weighted by Crippen LogP contribution is -2.26. The minimum Gasteiger partial charge on any atom is -0.441 e. The second-order valence-corrected chi connectivity index (χ2v) is 6.26. The Bertz CT molecular complexity index is 812. The van der Waals surface area contributed by atoms with E-state index in [0.717, 1.165) is 29.1 Å². The largest absolute Gasteiger partial charge is 0.441 e. The zero-order valence-corrected chi connectivity index (χ0v) is 14.8. The molecule has 3 rings (SSSR count). The first-order valence-corrected chi connectivity index (χ1v) is 8.57. The second kappa shape index (κ2) is 8.10. The Morgan fingerprint density at radius 2 is 1.68 bits per heavy atom. The fourth-order valence-corrected chi connectivity index (χ4v) is 2.91. The van der Waals surface area contributed by atoms with Crippen molar-refractivity contribution in [2.45, 2.75) is 26.9 Å². The summed E-state index contributed by atoms with van der Waals surface area (Å²) < 4.78 is 5.91. The summed E-state index contributed by atoms with van der Waals surface area (Å²) in [5, 5.41) is 9.40. The summed E-state index contributed by atoms with van der Waals surface area (Å²) in [6.45, 7) is 6.14. The normalized spacial score (nSPS) is 11.2. The Kier molecular flexibility index (Phi) is 5.64. The first kappa shape index (κ1) is 17.4. The van der Waals surface area contributed by atoms with E-state index in [-0.39, 0.29) is 6.61 Å². The number of benzene rings is 2. The number of rotatable bonds is 7. The van der Waals surface area contributed by atoms with Crippen molar-refractivity contribution in [1.29, 1.82) is 0 Å². The second-order valence-electron chi connectivity index (χ2n) is 6.26. The molecular weight excluding hydrogens is 312 g/mol. The number of nitrogens with zero attached hydrogens (tertiary/aromatic N) is 2. The molecule has 0 amide bonds. The van der Waals surface area contributed by atoms with Gasteiger partial charge in [0.1, 0.15) is 5.76 Å². The Hall–Kier alpha value is -2.43. The van der Waals surface area contributed by atoms with Crippen LogP contribution in [0.1, 0.15) is 22.6 Å². The monoisotopic (exact) mass is 336 g/mol. The van der Waals surface area contributed by atoms with Gasteiger partial charge in [-0.2, -0.15) is 0 Å². The van der Waals surface area contributed by atoms with Crippen molar-refractivity contribution in [3.05, 3.63) is 77.2 Å². The maximum Gasteiger partial charge on any atom is 0.226 e. The molecule has 0 aliphatic heterocycles. The molecule has 0 aliphatic rings. The van der Waals surface area contributed by atoms with Gasteiger partial charge in [-0.15, -0.1) is 0 Å². The van der Waals surface area contributed by atoms with Crippen LogP contribution >= 0.6 is 0 Å². The molecule has 4 heteroatoms. The highest BCUT2D eigenvalue weighted by molar-refractivity contribution is 5.58. The smallest absolute Gasteiger partial charge is 0.226 e. The quantitative estimate of drug-likeness (QED) is 0.710. The zero-order chi connectivity index (χ0) is 17.6. The van der Waals surface area contributed by atoms with E-state index in [2.05, 4.69) is 30.0 Å². The van der Waals surface area contributed by atoms with Gasteiger partial charge in [-0.25, -0.2) is 4.98 Å². The van der Waals surface area contributed by atoms with Crippen LogP contribution in [0.4, 0.5) is 0 Å². The molecule has 3 aromatic rings. The molecule has 25 heavy (non-hydrogen) atoms. The fraction of sp³-hybridized carbons (Fsp3) is 0.286. The van der Waals surface area contributed by atoms with Crippen molar-refractivity contribution in [2.75, 3.05) is 13.2 Å². The van der Waals surface area contributed by atoms with E-state index < -0.39 is 0 Å². The summed E-state index contributed by atoms with van der Waals surface area (Å²) >= 11 is 0. The minimum absolute atomic E-state index is 0.119. The minimum atomic E-state index is 0.119. The van der Waals surface area contributed by atoms with E-state index in [9.17, 15) is 5.11 Å². The fourth-order valence-electron chi connectivity index (χ4n) is 2.91. The molecule has 0 atom stereocenters. The van der Waals surface area contributed by atoms with Gasteiger partial charge in [0.25, 0.3) is 0 Å². The van der Waals surface area contributed by atoms with Crippen LogP contribution in [0.5, 0.6) is 0 Å². The molecule has 1 heterocycles. The Morgan fingerprint density at radius 3 is 2.40 bits per heavy atom. The maximum absolute atomic E-state index is 9.40. The predicted octanol–water partition coefficient (Wildman–Crippen LogP) is 3.95. The van der Waals surface area contributed by atoms with Gasteiger partial charge >= 0.3 is 0 Å². The summed E-state index contributed by atoms with van der Waals surface area (Å²) in [4.78, 5) is 6.90. The van der Waals surface area contributed by atoms with Crippen molar-refractivity contribution in [3.63, 3.8) is 0 Å². The van der Waals surface area contributed by atoms with Crippen LogP contribution in [-0.2, 0) is 13.1 Å². The van der Waals surface area contributed by atoms with E-state index in [0.29, 0.717) is 19.0 Å². The predicted molar refractivity (Wildman–Crippen MR) is 99.1 cm³/mol. The molecule has 0 spiro atoms. The van der Waals surface area contributed by atoms with E-state index in [1.165, 1.54) is 5.56 Å². The highest BCUT2D eigenvalue weighted by atomic mass is 16.4. The van der Waals surface area contributed by atoms with Gasteiger partial charge in [-0.3, -0.25) is 4.90 Å². The molecule has 130 valence electrons. The molecule has 4 nitrogen and oxygen atoms in total. The number of oxazole rings is 1. The number of hydrogen-bond acceptors (Lipinski definition) is 4. The van der Waals surface area contributed by atoms with Crippen LogP contribution in [0.15, 0.2) is 59.0 Å². The van der Waals surface area contributed by atoms with Gasteiger partial charge in [0, 0.05) is 25.2 Å². The molecule has 0 radical (unpaired) electrons. The summed E-state index contributed by atoms with van der Waals surface area (Å²) in [6, 6.07) is 18.4.